The fraction of sp³-hybridized carbons (Fsp3) is 0.281. The van der Waals surface area contributed by atoms with Gasteiger partial charge in [-0.1, -0.05) is 35.9 Å². The topological polar surface area (TPSA) is 85.7 Å². The van der Waals surface area contributed by atoms with Crippen molar-refractivity contribution in [1.82, 2.24) is 14.5 Å². The number of aryl methyl sites for hydroxylation is 2. The third kappa shape index (κ3) is 6.78. The number of nitrogens with one attached hydrogen (secondary N) is 1. The highest BCUT2D eigenvalue weighted by Gasteiger charge is 2.26. The van der Waals surface area contributed by atoms with Gasteiger partial charge in [0.25, 0.3) is 5.91 Å². The molecule has 0 saturated carbocycles. The Morgan fingerprint density at radius 3 is 2.61 bits per heavy atom. The van der Waals surface area contributed by atoms with Gasteiger partial charge in [0.05, 0.1) is 18.9 Å². The first-order valence-electron chi connectivity index (χ1n) is 13.6. The maximum Gasteiger partial charge on any atom is 0.254 e. The zero-order valence-corrected chi connectivity index (χ0v) is 24.1. The van der Waals surface area contributed by atoms with Crippen LogP contribution in [0.4, 0.5) is 5.95 Å². The van der Waals surface area contributed by atoms with Gasteiger partial charge in [-0.15, -0.1) is 0 Å². The van der Waals surface area contributed by atoms with E-state index in [0.717, 1.165) is 29.7 Å². The molecular formula is C32H33ClN4O4. The van der Waals surface area contributed by atoms with Crippen molar-refractivity contribution in [3.63, 3.8) is 0 Å². The maximum atomic E-state index is 13.6. The molecule has 1 atom stereocenters. The fourth-order valence-corrected chi connectivity index (χ4v) is 4.96. The molecule has 2 heterocycles. The van der Waals surface area contributed by atoms with Crippen molar-refractivity contribution in [3.05, 3.63) is 94.6 Å². The van der Waals surface area contributed by atoms with Gasteiger partial charge in [-0.2, -0.15) is 0 Å². The van der Waals surface area contributed by atoms with Crippen LogP contribution >= 0.6 is 11.6 Å². The minimum atomic E-state index is -0.363. The second-order valence-corrected chi connectivity index (χ2v) is 10.6. The smallest absolute Gasteiger partial charge is 0.254 e. The van der Waals surface area contributed by atoms with Crippen molar-refractivity contribution in [1.29, 1.82) is 0 Å². The van der Waals surface area contributed by atoms with Crippen LogP contribution in [0.3, 0.4) is 0 Å². The molecule has 0 spiro atoms. The van der Waals surface area contributed by atoms with Crippen LogP contribution in [0.2, 0.25) is 5.02 Å². The molecule has 0 aliphatic carbocycles. The normalized spacial score (nSPS) is 14.6. The first kappa shape index (κ1) is 28.4. The number of methoxy groups -OCH3 is 1. The van der Waals surface area contributed by atoms with E-state index in [0.29, 0.717) is 41.1 Å². The fourth-order valence-electron chi connectivity index (χ4n) is 4.83. The van der Waals surface area contributed by atoms with Gasteiger partial charge in [-0.25, -0.2) is 4.98 Å². The van der Waals surface area contributed by atoms with Gasteiger partial charge in [0.15, 0.2) is 0 Å². The molecule has 1 aliphatic heterocycles. The molecule has 2 amide bonds. The SMILES string of the molecule is COc1cccc(C(=O)N(CC(=O)Nc2nc(-c3ccc(Cl)cc3)cn2-c2ccc(C)c(C)c2)CC2CCCO2)c1. The number of imidazole rings is 1. The molecule has 41 heavy (non-hydrogen) atoms. The number of carbonyl (C=O) groups is 2. The molecule has 1 aliphatic rings. The van der Waals surface area contributed by atoms with E-state index >= 15 is 0 Å². The zero-order valence-electron chi connectivity index (χ0n) is 23.4. The predicted molar refractivity (Wildman–Crippen MR) is 160 cm³/mol. The van der Waals surface area contributed by atoms with E-state index in [1.54, 1.807) is 43.5 Å². The quantitative estimate of drug-likeness (QED) is 0.263. The molecule has 212 valence electrons. The molecule has 0 radical (unpaired) electrons. The predicted octanol–water partition coefficient (Wildman–Crippen LogP) is 6.08. The largest absolute Gasteiger partial charge is 0.497 e. The van der Waals surface area contributed by atoms with Gasteiger partial charge >= 0.3 is 0 Å². The van der Waals surface area contributed by atoms with E-state index in [9.17, 15) is 9.59 Å². The molecule has 8 nitrogen and oxygen atoms in total. The molecule has 1 fully saturated rings. The Balaban J connectivity index is 1.43. The minimum absolute atomic E-state index is 0.119. The summed E-state index contributed by atoms with van der Waals surface area (Å²) in [6.07, 6.45) is 3.53. The van der Waals surface area contributed by atoms with Gasteiger partial charge in [-0.05, 0) is 80.3 Å². The van der Waals surface area contributed by atoms with Gasteiger partial charge < -0.3 is 14.4 Å². The first-order valence-corrected chi connectivity index (χ1v) is 14.0. The third-order valence-corrected chi connectivity index (χ3v) is 7.50. The number of ether oxygens (including phenoxy) is 2. The first-order chi connectivity index (χ1) is 19.8. The van der Waals surface area contributed by atoms with Crippen molar-refractivity contribution in [2.75, 3.05) is 32.1 Å². The number of halogens is 1. The molecule has 4 aromatic rings. The molecular weight excluding hydrogens is 540 g/mol. The lowest BCUT2D eigenvalue weighted by Crippen LogP contribution is -2.42. The van der Waals surface area contributed by atoms with Crippen molar-refractivity contribution in [2.24, 2.45) is 0 Å². The van der Waals surface area contributed by atoms with E-state index in [2.05, 4.69) is 12.2 Å². The summed E-state index contributed by atoms with van der Waals surface area (Å²) in [5.74, 6) is 0.295. The van der Waals surface area contributed by atoms with E-state index in [1.807, 2.05) is 48.0 Å². The number of amides is 2. The number of benzene rings is 3. The maximum absolute atomic E-state index is 13.6. The van der Waals surface area contributed by atoms with E-state index in [4.69, 9.17) is 26.1 Å². The van der Waals surface area contributed by atoms with E-state index in [-0.39, 0.29) is 24.5 Å². The number of nitrogens with zero attached hydrogens (tertiary/aromatic N) is 3. The highest BCUT2D eigenvalue weighted by molar-refractivity contribution is 6.30. The lowest BCUT2D eigenvalue weighted by Gasteiger charge is -2.25. The highest BCUT2D eigenvalue weighted by atomic mass is 35.5. The summed E-state index contributed by atoms with van der Waals surface area (Å²) >= 11 is 6.10. The summed E-state index contributed by atoms with van der Waals surface area (Å²) in [4.78, 5) is 33.4. The Kier molecular flexibility index (Phi) is 8.71. The number of carbonyl (C=O) groups excluding carboxylic acids is 2. The van der Waals surface area contributed by atoms with Crippen LogP contribution < -0.4 is 10.1 Å². The Labute approximate surface area is 244 Å². The van der Waals surface area contributed by atoms with Crippen LogP contribution in [0.25, 0.3) is 16.9 Å². The van der Waals surface area contributed by atoms with E-state index in [1.165, 1.54) is 10.5 Å². The zero-order chi connectivity index (χ0) is 28.9. The molecule has 5 rings (SSSR count). The van der Waals surface area contributed by atoms with Crippen LogP contribution in [-0.4, -0.2) is 59.2 Å². The lowest BCUT2D eigenvalue weighted by atomic mass is 10.1. The van der Waals surface area contributed by atoms with E-state index < -0.39 is 0 Å². The molecule has 1 N–H and O–H groups in total. The van der Waals surface area contributed by atoms with Gasteiger partial charge in [0, 0.05) is 41.2 Å². The lowest BCUT2D eigenvalue weighted by molar-refractivity contribution is -0.117. The van der Waals surface area contributed by atoms with Crippen LogP contribution in [-0.2, 0) is 9.53 Å². The Morgan fingerprint density at radius 2 is 1.90 bits per heavy atom. The van der Waals surface area contributed by atoms with Crippen LogP contribution in [0, 0.1) is 13.8 Å². The molecule has 9 heteroatoms. The summed E-state index contributed by atoms with van der Waals surface area (Å²) in [6.45, 7) is 4.90. The van der Waals surface area contributed by atoms with Gasteiger partial charge in [0.2, 0.25) is 11.9 Å². The number of hydrogen-bond acceptors (Lipinski definition) is 5. The van der Waals surface area contributed by atoms with Crippen molar-refractivity contribution in [3.8, 4) is 22.7 Å². The number of anilines is 1. The third-order valence-electron chi connectivity index (χ3n) is 7.25. The van der Waals surface area contributed by atoms with Crippen LogP contribution in [0.5, 0.6) is 5.75 Å². The Morgan fingerprint density at radius 1 is 1.10 bits per heavy atom. The van der Waals surface area contributed by atoms with Crippen LogP contribution in [0.1, 0.15) is 34.3 Å². The highest BCUT2D eigenvalue weighted by Crippen LogP contribution is 2.27. The standard InChI is InChI=1S/C32H33ClN4O4/c1-21-9-14-26(16-22(21)2)37-19-29(23-10-12-25(33)13-11-23)34-32(37)35-30(38)20-36(18-28-8-5-15-41-28)31(39)24-6-4-7-27(17-24)40-3/h4,6-7,9-14,16-17,19,28H,5,8,15,18,20H2,1-3H3,(H,34,35,38). The molecule has 3 aromatic carbocycles. The van der Waals surface area contributed by atoms with Gasteiger partial charge in [0.1, 0.15) is 12.3 Å². The Bertz CT molecular complexity index is 1540. The summed E-state index contributed by atoms with van der Waals surface area (Å²) in [6, 6.07) is 20.4. The summed E-state index contributed by atoms with van der Waals surface area (Å²) < 4.78 is 12.9. The minimum Gasteiger partial charge on any atom is -0.497 e. The number of rotatable bonds is 9. The molecule has 1 unspecified atom stereocenters. The molecule has 1 aromatic heterocycles. The second kappa shape index (κ2) is 12.6. The van der Waals surface area contributed by atoms with Crippen LogP contribution in [0.15, 0.2) is 72.9 Å². The van der Waals surface area contributed by atoms with Crippen molar-refractivity contribution >= 4 is 29.4 Å². The monoisotopic (exact) mass is 572 g/mol. The van der Waals surface area contributed by atoms with Crippen molar-refractivity contribution in [2.45, 2.75) is 32.8 Å². The molecule has 1 saturated heterocycles. The Hall–Kier alpha value is -4.14. The summed E-state index contributed by atoms with van der Waals surface area (Å²) in [7, 11) is 1.55. The second-order valence-electron chi connectivity index (χ2n) is 10.2. The summed E-state index contributed by atoms with van der Waals surface area (Å²) in [5.41, 5.74) is 5.13. The number of aromatic nitrogens is 2. The number of hydrogen-bond donors (Lipinski definition) is 1. The average Bonchev–Trinajstić information content (AvgIpc) is 3.64. The van der Waals surface area contributed by atoms with Crippen molar-refractivity contribution < 1.29 is 19.1 Å². The average molecular weight is 573 g/mol. The molecule has 0 bridgehead atoms. The van der Waals surface area contributed by atoms with Gasteiger partial charge in [-0.3, -0.25) is 19.5 Å². The summed E-state index contributed by atoms with van der Waals surface area (Å²) in [5, 5.41) is 3.58.